The van der Waals surface area contributed by atoms with E-state index >= 15 is 0 Å². The van der Waals surface area contributed by atoms with E-state index < -0.39 is 0 Å². The average Bonchev–Trinajstić information content (AvgIpc) is 2.46. The fourth-order valence-electron chi connectivity index (χ4n) is 2.18. The van der Waals surface area contributed by atoms with Crippen molar-refractivity contribution in [2.75, 3.05) is 13.7 Å². The summed E-state index contributed by atoms with van der Waals surface area (Å²) in [6, 6.07) is 5.22. The molecule has 1 aliphatic heterocycles. The lowest BCUT2D eigenvalue weighted by Crippen LogP contribution is -2.43. The molecule has 1 unspecified atom stereocenters. The number of methoxy groups -OCH3 is 1. The third kappa shape index (κ3) is 2.28. The van der Waals surface area contributed by atoms with E-state index in [1.165, 1.54) is 7.11 Å². The molecule has 0 spiro atoms. The zero-order chi connectivity index (χ0) is 13.0. The molecular weight excluding hydrogens is 230 g/mol. The number of nitriles is 1. The molecule has 1 atom stereocenters. The van der Waals surface area contributed by atoms with Crippen LogP contribution in [0.4, 0.5) is 0 Å². The molecule has 0 N–H and O–H groups in total. The zero-order valence-corrected chi connectivity index (χ0v) is 10.3. The minimum Gasteiger partial charge on any atom is -0.480 e. The largest absolute Gasteiger partial charge is 0.480 e. The van der Waals surface area contributed by atoms with Crippen molar-refractivity contribution < 1.29 is 9.53 Å². The van der Waals surface area contributed by atoms with Crippen molar-refractivity contribution >= 4 is 5.91 Å². The maximum absolute atomic E-state index is 12.4. The van der Waals surface area contributed by atoms with Crippen LogP contribution in [0.3, 0.4) is 0 Å². The molecule has 1 aliphatic rings. The molecule has 0 aromatic carbocycles. The van der Waals surface area contributed by atoms with Crippen molar-refractivity contribution in [3.05, 3.63) is 23.9 Å². The van der Waals surface area contributed by atoms with E-state index in [1.807, 2.05) is 0 Å². The molecule has 1 amide bonds. The average molecular weight is 245 g/mol. The number of hydrogen-bond donors (Lipinski definition) is 0. The van der Waals surface area contributed by atoms with Gasteiger partial charge in [-0.2, -0.15) is 5.26 Å². The molecule has 5 nitrogen and oxygen atoms in total. The normalized spacial score (nSPS) is 19.1. The number of nitrogens with zero attached hydrogens (tertiary/aromatic N) is 3. The number of likely N-dealkylation sites (tertiary alicyclic amines) is 1. The van der Waals surface area contributed by atoms with Gasteiger partial charge in [-0.1, -0.05) is 0 Å². The van der Waals surface area contributed by atoms with E-state index in [1.54, 1.807) is 23.2 Å². The summed E-state index contributed by atoms with van der Waals surface area (Å²) in [6.45, 7) is 0.620. The molecule has 18 heavy (non-hydrogen) atoms. The molecule has 2 rings (SSSR count). The summed E-state index contributed by atoms with van der Waals surface area (Å²) in [5, 5.41) is 9.09. The lowest BCUT2D eigenvalue weighted by molar-refractivity contribution is 0.0666. The van der Waals surface area contributed by atoms with E-state index in [0.29, 0.717) is 18.0 Å². The van der Waals surface area contributed by atoms with Crippen LogP contribution in [0.25, 0.3) is 0 Å². The number of hydrogen-bond acceptors (Lipinski definition) is 4. The van der Waals surface area contributed by atoms with Crippen LogP contribution >= 0.6 is 0 Å². The van der Waals surface area contributed by atoms with E-state index in [2.05, 4.69) is 11.1 Å². The minimum absolute atomic E-state index is 0.175. The Morgan fingerprint density at radius 2 is 2.44 bits per heavy atom. The first-order valence-corrected chi connectivity index (χ1v) is 5.97. The quantitative estimate of drug-likeness (QED) is 0.794. The molecule has 1 aromatic heterocycles. The van der Waals surface area contributed by atoms with Gasteiger partial charge < -0.3 is 9.64 Å². The van der Waals surface area contributed by atoms with Crippen LogP contribution in [-0.4, -0.2) is 35.5 Å². The molecule has 1 aromatic rings. The standard InChI is InChI=1S/C13H15N3O2/c1-18-12-11(6-4-7-15-12)13(17)16-8-3-2-5-10(16)9-14/h4,6-7,10H,2-3,5,8H2,1H3. The molecular formula is C13H15N3O2. The van der Waals surface area contributed by atoms with Crippen molar-refractivity contribution in [1.82, 2.24) is 9.88 Å². The second-order valence-corrected chi connectivity index (χ2v) is 4.20. The molecule has 0 saturated carbocycles. The van der Waals surface area contributed by atoms with Gasteiger partial charge in [0.2, 0.25) is 5.88 Å². The first kappa shape index (κ1) is 12.4. The molecule has 2 heterocycles. The van der Waals surface area contributed by atoms with Crippen molar-refractivity contribution in [2.24, 2.45) is 0 Å². The lowest BCUT2D eigenvalue weighted by Gasteiger charge is -2.31. The van der Waals surface area contributed by atoms with Gasteiger partial charge in [0.15, 0.2) is 0 Å². The summed E-state index contributed by atoms with van der Waals surface area (Å²) in [4.78, 5) is 18.0. The number of pyridine rings is 1. The summed E-state index contributed by atoms with van der Waals surface area (Å²) in [6.07, 6.45) is 4.25. The number of carbonyl (C=O) groups is 1. The minimum atomic E-state index is -0.337. The van der Waals surface area contributed by atoms with Gasteiger partial charge in [0.25, 0.3) is 5.91 Å². The highest BCUT2D eigenvalue weighted by Crippen LogP contribution is 2.22. The van der Waals surface area contributed by atoms with Crippen molar-refractivity contribution in [3.63, 3.8) is 0 Å². The summed E-state index contributed by atoms with van der Waals surface area (Å²) in [7, 11) is 1.48. The molecule has 1 fully saturated rings. The maximum Gasteiger partial charge on any atom is 0.260 e. The Bertz CT molecular complexity index is 481. The van der Waals surface area contributed by atoms with Crippen LogP contribution in [0.5, 0.6) is 5.88 Å². The Morgan fingerprint density at radius 3 is 3.17 bits per heavy atom. The van der Waals surface area contributed by atoms with Crippen LogP contribution in [0.15, 0.2) is 18.3 Å². The van der Waals surface area contributed by atoms with Gasteiger partial charge in [0.05, 0.1) is 13.2 Å². The number of aromatic nitrogens is 1. The Morgan fingerprint density at radius 1 is 1.61 bits per heavy atom. The van der Waals surface area contributed by atoms with Crippen LogP contribution in [-0.2, 0) is 0 Å². The van der Waals surface area contributed by atoms with Crippen molar-refractivity contribution in [1.29, 1.82) is 5.26 Å². The Kier molecular flexibility index (Phi) is 3.78. The first-order chi connectivity index (χ1) is 8.77. The predicted molar refractivity (Wildman–Crippen MR) is 65.1 cm³/mol. The monoisotopic (exact) mass is 245 g/mol. The predicted octanol–water partition coefficient (Wildman–Crippen LogP) is 1.61. The Labute approximate surface area is 106 Å². The number of ether oxygens (including phenoxy) is 1. The van der Waals surface area contributed by atoms with Crippen molar-refractivity contribution in [3.8, 4) is 11.9 Å². The van der Waals surface area contributed by atoms with Gasteiger partial charge in [-0.15, -0.1) is 0 Å². The second kappa shape index (κ2) is 5.50. The lowest BCUT2D eigenvalue weighted by atomic mass is 10.0. The highest BCUT2D eigenvalue weighted by molar-refractivity contribution is 5.96. The van der Waals surface area contributed by atoms with Crippen LogP contribution in [0, 0.1) is 11.3 Å². The fraction of sp³-hybridized carbons (Fsp3) is 0.462. The number of piperidine rings is 1. The molecule has 0 aliphatic carbocycles. The smallest absolute Gasteiger partial charge is 0.260 e. The first-order valence-electron chi connectivity index (χ1n) is 5.97. The van der Waals surface area contributed by atoms with Crippen LogP contribution in [0.2, 0.25) is 0 Å². The SMILES string of the molecule is COc1ncccc1C(=O)N1CCCCC1C#N. The number of rotatable bonds is 2. The van der Waals surface area contributed by atoms with E-state index in [9.17, 15) is 4.79 Å². The zero-order valence-electron chi connectivity index (χ0n) is 10.3. The highest BCUT2D eigenvalue weighted by Gasteiger charge is 2.29. The second-order valence-electron chi connectivity index (χ2n) is 4.20. The van der Waals surface area contributed by atoms with Crippen LogP contribution < -0.4 is 4.74 Å². The molecule has 0 bridgehead atoms. The van der Waals surface area contributed by atoms with Gasteiger partial charge in [0, 0.05) is 12.7 Å². The van der Waals surface area contributed by atoms with E-state index in [4.69, 9.17) is 10.00 Å². The Balaban J connectivity index is 2.27. The third-order valence-corrected chi connectivity index (χ3v) is 3.11. The Hall–Kier alpha value is -2.09. The van der Waals surface area contributed by atoms with E-state index in [-0.39, 0.29) is 11.9 Å². The molecule has 5 heteroatoms. The maximum atomic E-state index is 12.4. The van der Waals surface area contributed by atoms with Gasteiger partial charge in [-0.3, -0.25) is 4.79 Å². The van der Waals surface area contributed by atoms with Gasteiger partial charge in [-0.25, -0.2) is 4.98 Å². The third-order valence-electron chi connectivity index (χ3n) is 3.11. The van der Waals surface area contributed by atoms with Gasteiger partial charge in [-0.05, 0) is 31.4 Å². The highest BCUT2D eigenvalue weighted by atomic mass is 16.5. The van der Waals surface area contributed by atoms with Crippen LogP contribution in [0.1, 0.15) is 29.6 Å². The number of amides is 1. The molecule has 94 valence electrons. The summed E-state index contributed by atoms with van der Waals surface area (Å²) in [5.41, 5.74) is 0.419. The fourth-order valence-corrected chi connectivity index (χ4v) is 2.18. The molecule has 1 saturated heterocycles. The van der Waals surface area contributed by atoms with E-state index in [0.717, 1.165) is 19.3 Å². The summed E-state index contributed by atoms with van der Waals surface area (Å²) < 4.78 is 5.08. The van der Waals surface area contributed by atoms with Gasteiger partial charge in [0.1, 0.15) is 11.6 Å². The summed E-state index contributed by atoms with van der Waals surface area (Å²) in [5.74, 6) is 0.135. The molecule has 0 radical (unpaired) electrons. The topological polar surface area (TPSA) is 66.2 Å². The van der Waals surface area contributed by atoms with Gasteiger partial charge >= 0.3 is 0 Å². The number of carbonyl (C=O) groups excluding carboxylic acids is 1. The summed E-state index contributed by atoms with van der Waals surface area (Å²) >= 11 is 0. The van der Waals surface area contributed by atoms with Crippen molar-refractivity contribution in [2.45, 2.75) is 25.3 Å².